The Balaban J connectivity index is 4.01. The van der Waals surface area contributed by atoms with Crippen LogP contribution in [0.15, 0.2) is 4.99 Å². The lowest BCUT2D eigenvalue weighted by Gasteiger charge is -2.11. The van der Waals surface area contributed by atoms with Crippen LogP contribution in [-0.2, 0) is 4.79 Å². The second kappa shape index (κ2) is 10.5. The summed E-state index contributed by atoms with van der Waals surface area (Å²) in [5.74, 6) is 3.15. The topological polar surface area (TPSA) is 65.5 Å². The highest BCUT2D eigenvalue weighted by atomic mass is 16.1. The maximum Gasteiger partial charge on any atom is 0.222 e. The first-order valence-electron chi connectivity index (χ1n) is 6.39. The van der Waals surface area contributed by atoms with E-state index in [4.69, 9.17) is 6.42 Å². The molecule has 1 atom stereocenters. The molecule has 0 rings (SSSR count). The molecule has 18 heavy (non-hydrogen) atoms. The van der Waals surface area contributed by atoms with Crippen molar-refractivity contribution in [1.29, 1.82) is 0 Å². The van der Waals surface area contributed by atoms with Crippen molar-refractivity contribution in [2.75, 3.05) is 19.6 Å². The summed E-state index contributed by atoms with van der Waals surface area (Å²) in [5, 5.41) is 8.92. The van der Waals surface area contributed by atoms with Crippen LogP contribution in [0.1, 0.15) is 33.6 Å². The van der Waals surface area contributed by atoms with Gasteiger partial charge in [0.05, 0.1) is 13.1 Å². The molecule has 5 heteroatoms. The van der Waals surface area contributed by atoms with E-state index >= 15 is 0 Å². The molecule has 0 fully saturated rings. The van der Waals surface area contributed by atoms with Gasteiger partial charge in [0, 0.05) is 19.0 Å². The number of guanidine groups is 1. The molecule has 5 nitrogen and oxygen atoms in total. The number of rotatable bonds is 7. The standard InChI is InChI=1S/C13H24N4O/c1-5-9-15-13(14-7-3)16-10-8-12(18)17-11(4)6-2/h1,11H,6-10H2,2-4H3,(H,17,18)(H2,14,15,16). The molecular formula is C13H24N4O. The zero-order chi connectivity index (χ0) is 13.8. The molecule has 3 N–H and O–H groups in total. The fraction of sp³-hybridized carbons (Fsp3) is 0.692. The quantitative estimate of drug-likeness (QED) is 0.351. The summed E-state index contributed by atoms with van der Waals surface area (Å²) < 4.78 is 0. The van der Waals surface area contributed by atoms with E-state index in [9.17, 15) is 4.79 Å². The largest absolute Gasteiger partial charge is 0.357 e. The van der Waals surface area contributed by atoms with Gasteiger partial charge in [0.15, 0.2) is 5.96 Å². The average molecular weight is 252 g/mol. The second-order valence-electron chi connectivity index (χ2n) is 3.95. The van der Waals surface area contributed by atoms with Crippen LogP contribution in [-0.4, -0.2) is 37.5 Å². The molecule has 0 aromatic heterocycles. The van der Waals surface area contributed by atoms with Crippen LogP contribution in [0.25, 0.3) is 0 Å². The number of aliphatic imine (C=N–C) groups is 1. The van der Waals surface area contributed by atoms with Crippen molar-refractivity contribution < 1.29 is 4.79 Å². The summed E-state index contributed by atoms with van der Waals surface area (Å²) >= 11 is 0. The maximum atomic E-state index is 11.5. The fourth-order valence-electron chi connectivity index (χ4n) is 1.19. The molecule has 0 aliphatic carbocycles. The van der Waals surface area contributed by atoms with Crippen LogP contribution < -0.4 is 16.0 Å². The van der Waals surface area contributed by atoms with Crippen molar-refractivity contribution in [3.63, 3.8) is 0 Å². The highest BCUT2D eigenvalue weighted by molar-refractivity contribution is 5.81. The number of carbonyl (C=O) groups excluding carboxylic acids is 1. The third kappa shape index (κ3) is 8.45. The first-order valence-corrected chi connectivity index (χ1v) is 6.39. The molecule has 0 spiro atoms. The molecule has 0 radical (unpaired) electrons. The van der Waals surface area contributed by atoms with E-state index in [-0.39, 0.29) is 11.9 Å². The van der Waals surface area contributed by atoms with Gasteiger partial charge in [0.2, 0.25) is 5.91 Å². The van der Waals surface area contributed by atoms with Gasteiger partial charge in [-0.05, 0) is 20.3 Å². The minimum Gasteiger partial charge on any atom is -0.357 e. The van der Waals surface area contributed by atoms with E-state index in [1.165, 1.54) is 0 Å². The second-order valence-corrected chi connectivity index (χ2v) is 3.95. The number of amides is 1. The molecule has 0 saturated carbocycles. The summed E-state index contributed by atoms with van der Waals surface area (Å²) in [7, 11) is 0. The Bertz CT molecular complexity index is 307. The average Bonchev–Trinajstić information content (AvgIpc) is 2.35. The van der Waals surface area contributed by atoms with Crippen LogP contribution in [0.4, 0.5) is 0 Å². The summed E-state index contributed by atoms with van der Waals surface area (Å²) in [4.78, 5) is 15.8. The zero-order valence-corrected chi connectivity index (χ0v) is 11.5. The fourth-order valence-corrected chi connectivity index (χ4v) is 1.19. The molecule has 1 unspecified atom stereocenters. The highest BCUT2D eigenvalue weighted by Gasteiger charge is 2.04. The zero-order valence-electron chi connectivity index (χ0n) is 11.5. The van der Waals surface area contributed by atoms with Crippen molar-refractivity contribution in [3.05, 3.63) is 0 Å². The minimum absolute atomic E-state index is 0.0286. The van der Waals surface area contributed by atoms with Gasteiger partial charge in [0.25, 0.3) is 0 Å². The smallest absolute Gasteiger partial charge is 0.222 e. The van der Waals surface area contributed by atoms with Crippen molar-refractivity contribution in [1.82, 2.24) is 16.0 Å². The molecule has 0 aliphatic rings. The lowest BCUT2D eigenvalue weighted by molar-refractivity contribution is -0.121. The third-order valence-electron chi connectivity index (χ3n) is 2.33. The molecular weight excluding hydrogens is 228 g/mol. The minimum atomic E-state index is 0.0286. The number of nitrogens with zero attached hydrogens (tertiary/aromatic N) is 1. The van der Waals surface area contributed by atoms with Crippen LogP contribution >= 0.6 is 0 Å². The Morgan fingerprint density at radius 2 is 2.11 bits per heavy atom. The monoisotopic (exact) mass is 252 g/mol. The van der Waals surface area contributed by atoms with Gasteiger partial charge in [-0.2, -0.15) is 0 Å². The highest BCUT2D eigenvalue weighted by Crippen LogP contribution is 1.90. The molecule has 0 heterocycles. The Labute approximate surface area is 110 Å². The predicted octanol–water partition coefficient (Wildman–Crippen LogP) is 0.480. The number of hydrogen-bond acceptors (Lipinski definition) is 2. The Morgan fingerprint density at radius 1 is 1.39 bits per heavy atom. The SMILES string of the molecule is C#CCNC(=NCCC(=O)NC(C)CC)NCC. The first kappa shape index (κ1) is 16.3. The van der Waals surface area contributed by atoms with Gasteiger partial charge >= 0.3 is 0 Å². The van der Waals surface area contributed by atoms with E-state index in [0.717, 1.165) is 13.0 Å². The third-order valence-corrected chi connectivity index (χ3v) is 2.33. The summed E-state index contributed by atoms with van der Waals surface area (Å²) in [6.45, 7) is 7.63. The normalized spacial score (nSPS) is 12.4. The molecule has 0 bridgehead atoms. The van der Waals surface area contributed by atoms with Gasteiger partial charge in [-0.15, -0.1) is 6.42 Å². The van der Waals surface area contributed by atoms with Crippen molar-refractivity contribution in [2.45, 2.75) is 39.7 Å². The van der Waals surface area contributed by atoms with Gasteiger partial charge in [-0.3, -0.25) is 9.79 Å². The van der Waals surface area contributed by atoms with Crippen LogP contribution in [0.2, 0.25) is 0 Å². The molecule has 0 saturated heterocycles. The van der Waals surface area contributed by atoms with Gasteiger partial charge < -0.3 is 16.0 Å². The molecule has 102 valence electrons. The summed E-state index contributed by atoms with van der Waals surface area (Å²) in [5.41, 5.74) is 0. The molecule has 1 amide bonds. The van der Waals surface area contributed by atoms with Gasteiger partial charge in [-0.1, -0.05) is 12.8 Å². The van der Waals surface area contributed by atoms with E-state index in [1.54, 1.807) is 0 Å². The van der Waals surface area contributed by atoms with E-state index in [0.29, 0.717) is 25.5 Å². The number of hydrogen-bond donors (Lipinski definition) is 3. The lowest BCUT2D eigenvalue weighted by atomic mass is 10.2. The number of carbonyl (C=O) groups is 1. The van der Waals surface area contributed by atoms with Crippen LogP contribution in [0.3, 0.4) is 0 Å². The Morgan fingerprint density at radius 3 is 2.67 bits per heavy atom. The first-order chi connectivity index (χ1) is 8.63. The summed E-state index contributed by atoms with van der Waals surface area (Å²) in [6.07, 6.45) is 6.48. The Hall–Kier alpha value is -1.70. The molecule has 0 aromatic carbocycles. The number of nitrogens with one attached hydrogen (secondary N) is 3. The molecule has 0 aromatic rings. The van der Waals surface area contributed by atoms with Crippen LogP contribution in [0.5, 0.6) is 0 Å². The van der Waals surface area contributed by atoms with Crippen molar-refractivity contribution in [2.24, 2.45) is 4.99 Å². The van der Waals surface area contributed by atoms with Crippen LogP contribution in [0, 0.1) is 12.3 Å². The van der Waals surface area contributed by atoms with Gasteiger partial charge in [-0.25, -0.2) is 0 Å². The van der Waals surface area contributed by atoms with Crippen molar-refractivity contribution >= 4 is 11.9 Å². The van der Waals surface area contributed by atoms with E-state index in [2.05, 4.69) is 26.9 Å². The van der Waals surface area contributed by atoms with E-state index < -0.39 is 0 Å². The van der Waals surface area contributed by atoms with E-state index in [1.807, 2.05) is 20.8 Å². The predicted molar refractivity (Wildman–Crippen MR) is 75.3 cm³/mol. The Kier molecular flexibility index (Phi) is 9.47. The lowest BCUT2D eigenvalue weighted by Crippen LogP contribution is -2.38. The maximum absolute atomic E-state index is 11.5. The number of terminal acetylenes is 1. The summed E-state index contributed by atoms with van der Waals surface area (Å²) in [6, 6.07) is 0.217. The van der Waals surface area contributed by atoms with Gasteiger partial charge in [0.1, 0.15) is 0 Å². The van der Waals surface area contributed by atoms with Crippen molar-refractivity contribution in [3.8, 4) is 12.3 Å². The molecule has 0 aliphatic heterocycles.